The second kappa shape index (κ2) is 21.4. The van der Waals surface area contributed by atoms with E-state index in [-0.39, 0.29) is 39.4 Å². The summed E-state index contributed by atoms with van der Waals surface area (Å²) in [6, 6.07) is 26.5. The second-order valence-electron chi connectivity index (χ2n) is 11.5. The van der Waals surface area contributed by atoms with Crippen LogP contribution in [0.5, 0.6) is 5.75 Å². The van der Waals surface area contributed by atoms with Gasteiger partial charge in [-0.25, -0.2) is 39.9 Å². The molecule has 0 bridgehead atoms. The van der Waals surface area contributed by atoms with Gasteiger partial charge in [0.25, 0.3) is 5.91 Å². The fraction of sp³-hybridized carbons (Fsp3) is 0.154. The SMILES string of the molecule is C=C(C)C(=O)Nc1ccc(CS(=O)(=O)c2ccccc2)cc1.C=CC(=O)Cc1ccc(S(=O)(=O)NCCC)cc1.C=CC(=O)Oc1ccc(S(N)(=O)=O)cc1. The molecule has 16 heteroatoms. The maximum absolute atomic E-state index is 12.3. The molecule has 1 amide bonds. The van der Waals surface area contributed by atoms with Crippen molar-refractivity contribution in [3.05, 3.63) is 152 Å². The molecule has 0 saturated heterocycles. The number of anilines is 1. The summed E-state index contributed by atoms with van der Waals surface area (Å²) >= 11 is 0. The first-order chi connectivity index (χ1) is 25.8. The highest BCUT2D eigenvalue weighted by atomic mass is 32.2. The van der Waals surface area contributed by atoms with Crippen LogP contribution in [0.15, 0.2) is 155 Å². The Bertz CT molecular complexity index is 2290. The van der Waals surface area contributed by atoms with E-state index >= 15 is 0 Å². The monoisotopic (exact) mass is 809 g/mol. The average molecular weight is 810 g/mol. The number of hydrogen-bond acceptors (Lipinski definition) is 10. The number of nitrogens with two attached hydrogens (primary N) is 1. The molecule has 0 spiro atoms. The number of sulfonamides is 2. The molecule has 0 heterocycles. The number of benzene rings is 4. The van der Waals surface area contributed by atoms with Crippen LogP contribution in [0.25, 0.3) is 0 Å². The molecule has 0 aliphatic heterocycles. The molecule has 0 atom stereocenters. The number of primary sulfonamides is 1. The Morgan fingerprint density at radius 1 is 0.727 bits per heavy atom. The Labute approximate surface area is 322 Å². The van der Waals surface area contributed by atoms with Crippen molar-refractivity contribution >= 4 is 53.2 Å². The quantitative estimate of drug-likeness (QED) is 0.0804. The molecular weight excluding hydrogens is 767 g/mol. The average Bonchev–Trinajstić information content (AvgIpc) is 3.15. The molecule has 4 aromatic carbocycles. The molecule has 0 aromatic heterocycles. The molecule has 0 saturated carbocycles. The minimum Gasteiger partial charge on any atom is -0.423 e. The third-order valence-electron chi connectivity index (χ3n) is 6.98. The molecular formula is C39H43N3O10S3. The van der Waals surface area contributed by atoms with E-state index in [1.807, 2.05) is 6.92 Å². The predicted octanol–water partition coefficient (Wildman–Crippen LogP) is 5.27. The van der Waals surface area contributed by atoms with Crippen molar-refractivity contribution < 1.29 is 44.4 Å². The summed E-state index contributed by atoms with van der Waals surface area (Å²) < 4.78 is 77.1. The van der Waals surface area contributed by atoms with Crippen LogP contribution in [0.3, 0.4) is 0 Å². The van der Waals surface area contributed by atoms with Crippen LogP contribution < -0.4 is 19.9 Å². The molecule has 4 rings (SSSR count). The normalized spacial score (nSPS) is 11.0. The zero-order valence-corrected chi connectivity index (χ0v) is 32.8. The molecule has 0 unspecified atom stereocenters. The number of carbonyl (C=O) groups excluding carboxylic acids is 3. The number of amides is 1. The van der Waals surface area contributed by atoms with E-state index in [0.29, 0.717) is 28.3 Å². The van der Waals surface area contributed by atoms with Crippen molar-refractivity contribution in [2.75, 3.05) is 11.9 Å². The zero-order valence-electron chi connectivity index (χ0n) is 30.3. The standard InChI is InChI=1S/C17H17NO3S.C13H17NO3S.C9H9NO4S/c1-13(2)17(19)18-15-10-8-14(9-11-15)12-22(20,21)16-6-4-3-5-7-16;1-3-9-14-18(16,17)13-7-5-11(6-8-13)10-12(15)4-2;1-2-9(11)14-7-3-5-8(6-4-7)15(10,12)13/h3-11H,1,12H2,2H3,(H,18,19);4-8,14H,2-3,9-10H2,1H3;2-6H,1H2,(H2,10,12,13). The van der Waals surface area contributed by atoms with Crippen LogP contribution in [0.1, 0.15) is 31.4 Å². The van der Waals surface area contributed by atoms with E-state index in [0.717, 1.165) is 18.1 Å². The lowest BCUT2D eigenvalue weighted by atomic mass is 10.1. The van der Waals surface area contributed by atoms with E-state index in [1.165, 1.54) is 42.5 Å². The molecule has 292 valence electrons. The predicted molar refractivity (Wildman–Crippen MR) is 212 cm³/mol. The molecule has 0 aliphatic rings. The lowest BCUT2D eigenvalue weighted by Gasteiger charge is -2.07. The Morgan fingerprint density at radius 2 is 1.27 bits per heavy atom. The maximum atomic E-state index is 12.3. The summed E-state index contributed by atoms with van der Waals surface area (Å²) in [5, 5.41) is 7.56. The van der Waals surface area contributed by atoms with Gasteiger partial charge >= 0.3 is 5.97 Å². The Hall–Kier alpha value is -5.52. The minimum absolute atomic E-state index is 0.0408. The van der Waals surface area contributed by atoms with Crippen LogP contribution in [-0.2, 0) is 56.4 Å². The second-order valence-corrected chi connectivity index (χ2v) is 16.9. The number of nitrogens with one attached hydrogen (secondary N) is 2. The lowest BCUT2D eigenvalue weighted by molar-refractivity contribution is -0.129. The number of carbonyl (C=O) groups is 3. The molecule has 4 aromatic rings. The van der Waals surface area contributed by atoms with E-state index < -0.39 is 35.9 Å². The first-order valence-corrected chi connectivity index (χ1v) is 21.0. The van der Waals surface area contributed by atoms with Gasteiger partial charge in [0.05, 0.1) is 20.4 Å². The number of ether oxygens (including phenoxy) is 1. The van der Waals surface area contributed by atoms with Gasteiger partial charge in [-0.05, 0) is 91.2 Å². The van der Waals surface area contributed by atoms with E-state index in [9.17, 15) is 39.6 Å². The fourth-order valence-electron chi connectivity index (χ4n) is 4.09. The highest BCUT2D eigenvalue weighted by molar-refractivity contribution is 7.90. The van der Waals surface area contributed by atoms with Gasteiger partial charge in [-0.1, -0.05) is 69.1 Å². The highest BCUT2D eigenvalue weighted by Crippen LogP contribution is 2.19. The summed E-state index contributed by atoms with van der Waals surface area (Å²) in [5.41, 5.74) is 2.45. The van der Waals surface area contributed by atoms with Crippen molar-refractivity contribution in [3.63, 3.8) is 0 Å². The molecule has 0 fully saturated rings. The van der Waals surface area contributed by atoms with Crippen molar-refractivity contribution in [1.82, 2.24) is 4.72 Å². The minimum atomic E-state index is -3.71. The van der Waals surface area contributed by atoms with Gasteiger partial charge in [0.1, 0.15) is 5.75 Å². The van der Waals surface area contributed by atoms with Crippen LogP contribution >= 0.6 is 0 Å². The summed E-state index contributed by atoms with van der Waals surface area (Å²) in [6.07, 6.45) is 3.25. The third-order valence-corrected chi connectivity index (χ3v) is 11.1. The molecule has 0 radical (unpaired) electrons. The summed E-state index contributed by atoms with van der Waals surface area (Å²) in [4.78, 5) is 33.9. The van der Waals surface area contributed by atoms with E-state index in [2.05, 4.69) is 29.8 Å². The van der Waals surface area contributed by atoms with Gasteiger partial charge in [0.2, 0.25) is 20.0 Å². The van der Waals surface area contributed by atoms with E-state index in [1.54, 1.807) is 73.7 Å². The van der Waals surface area contributed by atoms with Gasteiger partial charge in [-0.2, -0.15) is 0 Å². The number of hydrogen-bond donors (Lipinski definition) is 3. The van der Waals surface area contributed by atoms with Crippen LogP contribution in [0.2, 0.25) is 0 Å². The van der Waals surface area contributed by atoms with Crippen molar-refractivity contribution in [2.45, 2.75) is 47.1 Å². The Morgan fingerprint density at radius 3 is 1.76 bits per heavy atom. The number of esters is 1. The third kappa shape index (κ3) is 16.2. The summed E-state index contributed by atoms with van der Waals surface area (Å²) in [5.74, 6) is -0.809. The smallest absolute Gasteiger partial charge is 0.335 e. The van der Waals surface area contributed by atoms with Crippen LogP contribution in [-0.4, -0.2) is 49.5 Å². The van der Waals surface area contributed by atoms with Crippen molar-refractivity contribution in [1.29, 1.82) is 0 Å². The first kappa shape index (κ1) is 45.6. The topological polar surface area (TPSA) is 213 Å². The lowest BCUT2D eigenvalue weighted by Crippen LogP contribution is -2.24. The highest BCUT2D eigenvalue weighted by Gasteiger charge is 2.15. The molecule has 55 heavy (non-hydrogen) atoms. The summed E-state index contributed by atoms with van der Waals surface area (Å²) in [7, 11) is -10.5. The molecule has 0 aliphatic carbocycles. The van der Waals surface area contributed by atoms with Crippen molar-refractivity contribution in [3.8, 4) is 5.75 Å². The van der Waals surface area contributed by atoms with Gasteiger partial charge in [0, 0.05) is 30.3 Å². The van der Waals surface area contributed by atoms with Crippen LogP contribution in [0.4, 0.5) is 5.69 Å². The van der Waals surface area contributed by atoms with Crippen LogP contribution in [0, 0.1) is 0 Å². The number of ketones is 1. The van der Waals surface area contributed by atoms with E-state index in [4.69, 9.17) is 9.88 Å². The zero-order chi connectivity index (χ0) is 41.2. The molecule has 13 nitrogen and oxygen atoms in total. The Balaban J connectivity index is 0.000000291. The maximum Gasteiger partial charge on any atom is 0.335 e. The number of rotatable bonds is 15. The first-order valence-electron chi connectivity index (χ1n) is 16.4. The summed E-state index contributed by atoms with van der Waals surface area (Å²) in [6.45, 7) is 14.1. The number of sulfone groups is 1. The van der Waals surface area contributed by atoms with Crippen molar-refractivity contribution in [2.24, 2.45) is 5.14 Å². The van der Waals surface area contributed by atoms with Gasteiger partial charge in [-0.3, -0.25) is 9.59 Å². The number of allylic oxidation sites excluding steroid dienone is 1. The largest absolute Gasteiger partial charge is 0.423 e. The fourth-order valence-corrected chi connectivity index (χ4v) is 7.11. The van der Waals surface area contributed by atoms with Gasteiger partial charge in [-0.15, -0.1) is 0 Å². The Kier molecular flexibility index (Phi) is 17.7. The van der Waals surface area contributed by atoms with Gasteiger partial charge < -0.3 is 10.1 Å². The molecule has 4 N–H and O–H groups in total. The van der Waals surface area contributed by atoms with Gasteiger partial charge in [0.15, 0.2) is 15.6 Å².